The van der Waals surface area contributed by atoms with E-state index >= 15 is 0 Å². The molecule has 0 saturated carbocycles. The molecule has 0 fully saturated rings. The van der Waals surface area contributed by atoms with Gasteiger partial charge in [0, 0.05) is 38.0 Å². The van der Waals surface area contributed by atoms with Crippen molar-refractivity contribution in [1.82, 2.24) is 13.7 Å². The zero-order chi connectivity index (χ0) is 42.0. The SMILES string of the molecule is Cc1ccc2c(c1)c1ccccc1n2-c1ccc2c(c1)c1ccccc1n2-c1cc2c(cc1-n1c3ccccc3c3ccccc31)-c1ccccc1-c1ccccc1-c1ccccc1-2. The summed E-state index contributed by atoms with van der Waals surface area (Å²) in [7, 11) is 0. The van der Waals surface area contributed by atoms with Crippen molar-refractivity contribution in [1.29, 1.82) is 0 Å². The first-order chi connectivity index (χ1) is 31.7. The fourth-order valence-electron chi connectivity index (χ4n) is 11.1. The number of fused-ring (bicyclic) bond motifs is 17. The maximum Gasteiger partial charge on any atom is 0.0709 e. The molecule has 0 aliphatic heterocycles. The zero-order valence-corrected chi connectivity index (χ0v) is 35.1. The average molecular weight is 814 g/mol. The van der Waals surface area contributed by atoms with Crippen LogP contribution in [0.1, 0.15) is 5.56 Å². The van der Waals surface area contributed by atoms with Gasteiger partial charge in [-0.3, -0.25) is 0 Å². The predicted molar refractivity (Wildman–Crippen MR) is 269 cm³/mol. The lowest BCUT2D eigenvalue weighted by Crippen LogP contribution is -2.06. The second kappa shape index (κ2) is 13.3. The van der Waals surface area contributed by atoms with E-state index in [0.717, 1.165) is 22.6 Å². The van der Waals surface area contributed by atoms with Crippen LogP contribution in [-0.4, -0.2) is 13.7 Å². The van der Waals surface area contributed by atoms with Gasteiger partial charge in [0.2, 0.25) is 0 Å². The standard InChI is InChI=1S/C61H39N3/c1-38-30-32-58-52(34-38)48-24-10-12-26-54(48)62(58)39-31-33-59-53(35-39)49-25-11-15-29-57(49)64(59)61-37-51-45-21-7-5-19-43(45)41-17-3-2-16-40(41)42-18-4-6-20-44(42)50(51)36-60(61)63-55-27-13-8-22-46(55)47-23-9-14-28-56(47)63/h2-37H,1H3. The van der Waals surface area contributed by atoms with E-state index in [4.69, 9.17) is 0 Å². The van der Waals surface area contributed by atoms with E-state index in [9.17, 15) is 0 Å². The first-order valence-corrected chi connectivity index (χ1v) is 22.2. The minimum absolute atomic E-state index is 1.12. The van der Waals surface area contributed by atoms with E-state index in [1.165, 1.54) is 110 Å². The minimum atomic E-state index is 1.12. The Labute approximate surface area is 369 Å². The molecular formula is C61H39N3. The van der Waals surface area contributed by atoms with E-state index < -0.39 is 0 Å². The molecule has 10 aromatic carbocycles. The third kappa shape index (κ3) is 4.86. The Kier molecular flexibility index (Phi) is 7.32. The van der Waals surface area contributed by atoms with Gasteiger partial charge >= 0.3 is 0 Å². The van der Waals surface area contributed by atoms with E-state index in [1.807, 2.05) is 0 Å². The highest BCUT2D eigenvalue weighted by atomic mass is 15.1. The van der Waals surface area contributed by atoms with Crippen molar-refractivity contribution in [2.45, 2.75) is 6.92 Å². The highest BCUT2D eigenvalue weighted by Crippen LogP contribution is 2.50. The minimum Gasteiger partial charge on any atom is -0.309 e. The third-order valence-corrected chi connectivity index (χ3v) is 13.9. The second-order valence-electron chi connectivity index (χ2n) is 17.3. The van der Waals surface area contributed by atoms with Gasteiger partial charge in [0.25, 0.3) is 0 Å². The molecule has 1 aliphatic rings. The fraction of sp³-hybridized carbons (Fsp3) is 0.0164. The fourth-order valence-corrected chi connectivity index (χ4v) is 11.1. The summed E-state index contributed by atoms with van der Waals surface area (Å²) in [5, 5.41) is 7.46. The molecule has 0 spiro atoms. The van der Waals surface area contributed by atoms with Crippen molar-refractivity contribution < 1.29 is 0 Å². The van der Waals surface area contributed by atoms with Crippen LogP contribution in [0.3, 0.4) is 0 Å². The number of aryl methyl sites for hydroxylation is 1. The van der Waals surface area contributed by atoms with Crippen molar-refractivity contribution in [3.8, 4) is 61.6 Å². The summed E-state index contributed by atoms with van der Waals surface area (Å²) in [5.41, 5.74) is 21.6. The molecule has 298 valence electrons. The Morgan fingerprint density at radius 3 is 1.00 bits per heavy atom. The molecule has 3 nitrogen and oxygen atoms in total. The van der Waals surface area contributed by atoms with Crippen LogP contribution in [0.2, 0.25) is 0 Å². The molecule has 0 bridgehead atoms. The Bertz CT molecular complexity index is 4040. The molecule has 3 aromatic heterocycles. The van der Waals surface area contributed by atoms with Gasteiger partial charge in [-0.1, -0.05) is 157 Å². The molecule has 1 aliphatic carbocycles. The molecule has 3 heteroatoms. The van der Waals surface area contributed by atoms with Crippen LogP contribution in [-0.2, 0) is 0 Å². The van der Waals surface area contributed by atoms with Gasteiger partial charge in [0.05, 0.1) is 44.5 Å². The van der Waals surface area contributed by atoms with E-state index in [2.05, 4.69) is 239 Å². The first kappa shape index (κ1) is 35.2. The average Bonchev–Trinajstić information content (AvgIpc) is 3.98. The summed E-state index contributed by atoms with van der Waals surface area (Å²) in [6.07, 6.45) is 0. The number of hydrogen-bond acceptors (Lipinski definition) is 0. The Morgan fingerprint density at radius 2 is 0.547 bits per heavy atom. The van der Waals surface area contributed by atoms with Crippen molar-refractivity contribution in [3.05, 3.63) is 224 Å². The van der Waals surface area contributed by atoms with Gasteiger partial charge in [0.15, 0.2) is 0 Å². The lowest BCUT2D eigenvalue weighted by molar-refractivity contribution is 1.09. The number of para-hydroxylation sites is 4. The zero-order valence-electron chi connectivity index (χ0n) is 35.1. The first-order valence-electron chi connectivity index (χ1n) is 22.2. The highest BCUT2D eigenvalue weighted by molar-refractivity contribution is 6.14. The predicted octanol–water partition coefficient (Wildman–Crippen LogP) is 16.3. The normalized spacial score (nSPS) is 12.1. The summed E-state index contributed by atoms with van der Waals surface area (Å²) in [4.78, 5) is 0. The van der Waals surface area contributed by atoms with Crippen LogP contribution in [0, 0.1) is 6.92 Å². The summed E-state index contributed by atoms with van der Waals surface area (Å²) in [6.45, 7) is 2.18. The number of nitrogens with zero attached hydrogens (tertiary/aromatic N) is 3. The summed E-state index contributed by atoms with van der Waals surface area (Å²) < 4.78 is 7.48. The quantitative estimate of drug-likeness (QED) is 0.169. The van der Waals surface area contributed by atoms with Crippen molar-refractivity contribution >= 4 is 65.4 Å². The van der Waals surface area contributed by atoms with Crippen molar-refractivity contribution in [3.63, 3.8) is 0 Å². The molecule has 13 aromatic rings. The molecule has 0 radical (unpaired) electrons. The summed E-state index contributed by atoms with van der Waals surface area (Å²) in [6, 6.07) is 81.3. The Balaban J connectivity index is 1.14. The van der Waals surface area contributed by atoms with E-state index in [0.29, 0.717) is 0 Å². The van der Waals surface area contributed by atoms with Crippen LogP contribution in [0.15, 0.2) is 218 Å². The molecular weight excluding hydrogens is 775 g/mol. The lowest BCUT2D eigenvalue weighted by atomic mass is 9.80. The van der Waals surface area contributed by atoms with Gasteiger partial charge in [-0.15, -0.1) is 0 Å². The van der Waals surface area contributed by atoms with Crippen LogP contribution in [0.5, 0.6) is 0 Å². The van der Waals surface area contributed by atoms with Gasteiger partial charge in [0.1, 0.15) is 0 Å². The number of benzene rings is 10. The smallest absolute Gasteiger partial charge is 0.0709 e. The van der Waals surface area contributed by atoms with Gasteiger partial charge in [-0.25, -0.2) is 0 Å². The monoisotopic (exact) mass is 813 g/mol. The highest BCUT2D eigenvalue weighted by Gasteiger charge is 2.27. The second-order valence-corrected chi connectivity index (χ2v) is 17.3. The Morgan fingerprint density at radius 1 is 0.234 bits per heavy atom. The maximum absolute atomic E-state index is 2.53. The lowest BCUT2D eigenvalue weighted by Gasteiger charge is -2.26. The Hall–Kier alpha value is -8.40. The maximum atomic E-state index is 2.53. The van der Waals surface area contributed by atoms with Gasteiger partial charge in [-0.05, 0) is 118 Å². The molecule has 64 heavy (non-hydrogen) atoms. The number of aromatic nitrogens is 3. The van der Waals surface area contributed by atoms with Crippen LogP contribution < -0.4 is 0 Å². The van der Waals surface area contributed by atoms with Crippen molar-refractivity contribution in [2.75, 3.05) is 0 Å². The molecule has 14 rings (SSSR count). The molecule has 0 atom stereocenters. The molecule has 0 unspecified atom stereocenters. The number of rotatable bonds is 3. The van der Waals surface area contributed by atoms with E-state index in [1.54, 1.807) is 0 Å². The summed E-state index contributed by atoms with van der Waals surface area (Å²) >= 11 is 0. The topological polar surface area (TPSA) is 14.8 Å². The summed E-state index contributed by atoms with van der Waals surface area (Å²) in [5.74, 6) is 0. The molecule has 0 amide bonds. The van der Waals surface area contributed by atoms with Gasteiger partial charge < -0.3 is 13.7 Å². The van der Waals surface area contributed by atoms with E-state index in [-0.39, 0.29) is 0 Å². The molecule has 0 N–H and O–H groups in total. The molecule has 3 heterocycles. The van der Waals surface area contributed by atoms with Crippen LogP contribution in [0.25, 0.3) is 127 Å². The molecule has 0 saturated heterocycles. The van der Waals surface area contributed by atoms with Crippen molar-refractivity contribution in [2.24, 2.45) is 0 Å². The van der Waals surface area contributed by atoms with Crippen LogP contribution in [0.4, 0.5) is 0 Å². The van der Waals surface area contributed by atoms with Crippen LogP contribution >= 0.6 is 0 Å². The number of hydrogen-bond donors (Lipinski definition) is 0. The largest absolute Gasteiger partial charge is 0.309 e. The van der Waals surface area contributed by atoms with Gasteiger partial charge in [-0.2, -0.15) is 0 Å². The third-order valence-electron chi connectivity index (χ3n) is 13.9.